The van der Waals surface area contributed by atoms with Crippen molar-refractivity contribution in [2.45, 2.75) is 6.54 Å². The summed E-state index contributed by atoms with van der Waals surface area (Å²) in [5.41, 5.74) is 1.03. The SMILES string of the molecule is O=C(COc1ccc(Br)cc1)NCc1cc[nH]c1. The van der Waals surface area contributed by atoms with Gasteiger partial charge in [-0.1, -0.05) is 15.9 Å². The lowest BCUT2D eigenvalue weighted by atomic mass is 10.3. The first-order valence-electron chi connectivity index (χ1n) is 5.51. The van der Waals surface area contributed by atoms with Crippen molar-refractivity contribution in [2.75, 3.05) is 6.61 Å². The number of aromatic amines is 1. The molecule has 0 fully saturated rings. The second-order valence-electron chi connectivity index (χ2n) is 3.74. The van der Waals surface area contributed by atoms with Crippen molar-refractivity contribution in [2.24, 2.45) is 0 Å². The van der Waals surface area contributed by atoms with E-state index in [1.54, 1.807) is 0 Å². The fourth-order valence-corrected chi connectivity index (χ4v) is 1.66. The highest BCUT2D eigenvalue weighted by atomic mass is 79.9. The highest BCUT2D eigenvalue weighted by Gasteiger charge is 2.02. The predicted octanol–water partition coefficient (Wildman–Crippen LogP) is 2.47. The minimum atomic E-state index is -0.140. The number of hydrogen-bond acceptors (Lipinski definition) is 2. The fraction of sp³-hybridized carbons (Fsp3) is 0.154. The molecule has 0 bridgehead atoms. The third-order valence-electron chi connectivity index (χ3n) is 2.34. The molecule has 94 valence electrons. The van der Waals surface area contributed by atoms with Crippen LogP contribution in [0.4, 0.5) is 0 Å². The summed E-state index contributed by atoms with van der Waals surface area (Å²) >= 11 is 3.33. The van der Waals surface area contributed by atoms with Gasteiger partial charge in [-0.2, -0.15) is 0 Å². The molecule has 1 aromatic carbocycles. The second-order valence-corrected chi connectivity index (χ2v) is 4.65. The molecule has 2 N–H and O–H groups in total. The van der Waals surface area contributed by atoms with Crippen LogP contribution in [-0.4, -0.2) is 17.5 Å². The van der Waals surface area contributed by atoms with Gasteiger partial charge in [0.1, 0.15) is 5.75 Å². The van der Waals surface area contributed by atoms with E-state index in [9.17, 15) is 4.79 Å². The van der Waals surface area contributed by atoms with Crippen molar-refractivity contribution in [3.05, 3.63) is 52.8 Å². The smallest absolute Gasteiger partial charge is 0.258 e. The van der Waals surface area contributed by atoms with Gasteiger partial charge >= 0.3 is 0 Å². The second kappa shape index (κ2) is 6.26. The maximum absolute atomic E-state index is 11.5. The summed E-state index contributed by atoms with van der Waals surface area (Å²) in [5, 5.41) is 2.77. The molecule has 2 rings (SSSR count). The molecule has 0 aliphatic rings. The summed E-state index contributed by atoms with van der Waals surface area (Å²) in [6.07, 6.45) is 3.66. The molecular weight excluding hydrogens is 296 g/mol. The molecule has 2 aromatic rings. The quantitative estimate of drug-likeness (QED) is 0.891. The molecule has 18 heavy (non-hydrogen) atoms. The van der Waals surface area contributed by atoms with Gasteiger partial charge in [-0.25, -0.2) is 0 Å². The monoisotopic (exact) mass is 308 g/mol. The number of nitrogens with one attached hydrogen (secondary N) is 2. The zero-order valence-corrected chi connectivity index (χ0v) is 11.2. The van der Waals surface area contributed by atoms with Crippen LogP contribution in [-0.2, 0) is 11.3 Å². The molecule has 0 spiro atoms. The first-order chi connectivity index (χ1) is 8.74. The summed E-state index contributed by atoms with van der Waals surface area (Å²) < 4.78 is 6.33. The standard InChI is InChI=1S/C13H13BrN2O2/c14-11-1-3-12(4-2-11)18-9-13(17)16-8-10-5-6-15-7-10/h1-7,15H,8-9H2,(H,16,17). The minimum Gasteiger partial charge on any atom is -0.484 e. The first-order valence-corrected chi connectivity index (χ1v) is 6.30. The number of hydrogen-bond donors (Lipinski definition) is 2. The Morgan fingerprint density at radius 3 is 2.72 bits per heavy atom. The Balaban J connectivity index is 1.73. The third kappa shape index (κ3) is 3.92. The van der Waals surface area contributed by atoms with Crippen LogP contribution in [0.2, 0.25) is 0 Å². The van der Waals surface area contributed by atoms with E-state index in [4.69, 9.17) is 4.74 Å². The van der Waals surface area contributed by atoms with Gasteiger partial charge in [-0.3, -0.25) is 4.79 Å². The molecule has 1 aromatic heterocycles. The number of ether oxygens (including phenoxy) is 1. The minimum absolute atomic E-state index is 0.0199. The van der Waals surface area contributed by atoms with Gasteiger partial charge in [-0.15, -0.1) is 0 Å². The number of carbonyl (C=O) groups is 1. The van der Waals surface area contributed by atoms with E-state index in [1.165, 1.54) is 0 Å². The highest BCUT2D eigenvalue weighted by molar-refractivity contribution is 9.10. The number of aromatic nitrogens is 1. The van der Waals surface area contributed by atoms with E-state index < -0.39 is 0 Å². The lowest BCUT2D eigenvalue weighted by Crippen LogP contribution is -2.28. The number of carbonyl (C=O) groups excluding carboxylic acids is 1. The number of rotatable bonds is 5. The van der Waals surface area contributed by atoms with E-state index in [0.29, 0.717) is 12.3 Å². The van der Waals surface area contributed by atoms with E-state index in [2.05, 4.69) is 26.2 Å². The largest absolute Gasteiger partial charge is 0.484 e. The fourth-order valence-electron chi connectivity index (χ4n) is 1.40. The number of H-pyrrole nitrogens is 1. The Bertz CT molecular complexity index is 494. The zero-order chi connectivity index (χ0) is 12.8. The molecule has 1 amide bonds. The Hall–Kier alpha value is -1.75. The maximum Gasteiger partial charge on any atom is 0.258 e. The highest BCUT2D eigenvalue weighted by Crippen LogP contribution is 2.15. The lowest BCUT2D eigenvalue weighted by molar-refractivity contribution is -0.123. The Morgan fingerprint density at radius 1 is 1.28 bits per heavy atom. The number of benzene rings is 1. The first kappa shape index (κ1) is 12.7. The normalized spacial score (nSPS) is 10.1. The predicted molar refractivity (Wildman–Crippen MR) is 72.3 cm³/mol. The number of halogens is 1. The van der Waals surface area contributed by atoms with Gasteiger partial charge in [0, 0.05) is 23.4 Å². The molecule has 0 radical (unpaired) electrons. The van der Waals surface area contributed by atoms with Gasteiger partial charge in [0.15, 0.2) is 6.61 Å². The molecule has 0 aliphatic heterocycles. The van der Waals surface area contributed by atoms with E-state index in [-0.39, 0.29) is 12.5 Å². The molecule has 0 unspecified atom stereocenters. The van der Waals surface area contributed by atoms with Crippen molar-refractivity contribution in [1.82, 2.24) is 10.3 Å². The molecule has 4 nitrogen and oxygen atoms in total. The van der Waals surface area contributed by atoms with Crippen LogP contribution >= 0.6 is 15.9 Å². The van der Waals surface area contributed by atoms with Crippen LogP contribution in [0.5, 0.6) is 5.75 Å². The topological polar surface area (TPSA) is 54.1 Å². The molecule has 0 saturated heterocycles. The van der Waals surface area contributed by atoms with E-state index in [1.807, 2.05) is 42.7 Å². The van der Waals surface area contributed by atoms with Crippen molar-refractivity contribution < 1.29 is 9.53 Å². The third-order valence-corrected chi connectivity index (χ3v) is 2.86. The Morgan fingerprint density at radius 2 is 2.06 bits per heavy atom. The van der Waals surface area contributed by atoms with Gasteiger partial charge in [-0.05, 0) is 35.9 Å². The van der Waals surface area contributed by atoms with Crippen molar-refractivity contribution in [1.29, 1.82) is 0 Å². The van der Waals surface area contributed by atoms with Crippen molar-refractivity contribution in [3.63, 3.8) is 0 Å². The van der Waals surface area contributed by atoms with Gasteiger partial charge in [0.05, 0.1) is 0 Å². The molecule has 0 atom stereocenters. The van der Waals surface area contributed by atoms with Crippen LogP contribution in [0.25, 0.3) is 0 Å². The van der Waals surface area contributed by atoms with Crippen molar-refractivity contribution in [3.8, 4) is 5.75 Å². The van der Waals surface area contributed by atoms with Gasteiger partial charge in [0.25, 0.3) is 5.91 Å². The Labute approximate surface area is 113 Å². The maximum atomic E-state index is 11.5. The van der Waals surface area contributed by atoms with Gasteiger partial charge in [0.2, 0.25) is 0 Å². The van der Waals surface area contributed by atoms with E-state index >= 15 is 0 Å². The molecule has 0 saturated carbocycles. The summed E-state index contributed by atoms with van der Waals surface area (Å²) in [5.74, 6) is 0.536. The summed E-state index contributed by atoms with van der Waals surface area (Å²) in [7, 11) is 0. The molecule has 0 aliphatic carbocycles. The van der Waals surface area contributed by atoms with Crippen LogP contribution in [0.3, 0.4) is 0 Å². The average Bonchev–Trinajstić information content (AvgIpc) is 2.89. The lowest BCUT2D eigenvalue weighted by Gasteiger charge is -2.06. The molecule has 5 heteroatoms. The van der Waals surface area contributed by atoms with Crippen LogP contribution < -0.4 is 10.1 Å². The summed E-state index contributed by atoms with van der Waals surface area (Å²) in [6.45, 7) is 0.526. The average molecular weight is 309 g/mol. The Kier molecular flexibility index (Phi) is 4.41. The van der Waals surface area contributed by atoms with Crippen LogP contribution in [0, 0.1) is 0 Å². The summed E-state index contributed by atoms with van der Waals surface area (Å²) in [6, 6.07) is 9.27. The molecule has 1 heterocycles. The number of amides is 1. The molecular formula is C13H13BrN2O2. The summed E-state index contributed by atoms with van der Waals surface area (Å²) in [4.78, 5) is 14.5. The van der Waals surface area contributed by atoms with Crippen LogP contribution in [0.1, 0.15) is 5.56 Å². The van der Waals surface area contributed by atoms with E-state index in [0.717, 1.165) is 10.0 Å². The van der Waals surface area contributed by atoms with Crippen LogP contribution in [0.15, 0.2) is 47.2 Å². The van der Waals surface area contributed by atoms with Gasteiger partial charge < -0.3 is 15.0 Å². The van der Waals surface area contributed by atoms with Crippen molar-refractivity contribution >= 4 is 21.8 Å². The zero-order valence-electron chi connectivity index (χ0n) is 9.65.